The molecule has 0 unspecified atom stereocenters. The molecule has 0 aliphatic heterocycles. The number of halogens is 1. The molecule has 0 aliphatic rings. The van der Waals surface area contributed by atoms with Crippen LogP contribution in [0.2, 0.25) is 5.02 Å². The van der Waals surface area contributed by atoms with Gasteiger partial charge in [0.2, 0.25) is 0 Å². The zero-order valence-electron chi connectivity index (χ0n) is 18.2. The van der Waals surface area contributed by atoms with E-state index in [4.69, 9.17) is 21.6 Å². The van der Waals surface area contributed by atoms with Crippen molar-refractivity contribution in [2.75, 3.05) is 5.32 Å². The third-order valence-electron chi connectivity index (χ3n) is 5.70. The maximum absolute atomic E-state index is 13.1. The number of hydrogen-bond donors (Lipinski definition) is 1. The molecule has 7 heteroatoms. The number of hydrogen-bond acceptors (Lipinski definition) is 4. The first-order valence-electron chi connectivity index (χ1n) is 10.9. The average Bonchev–Trinajstić information content (AvgIpc) is 3.14. The Hall–Kier alpha value is -4.21. The summed E-state index contributed by atoms with van der Waals surface area (Å²) in [7, 11) is 0. The number of amides is 1. The third-order valence-corrected chi connectivity index (χ3v) is 6.03. The molecule has 0 fully saturated rings. The molecule has 0 radical (unpaired) electrons. The molecule has 0 saturated carbocycles. The van der Waals surface area contributed by atoms with E-state index in [0.717, 1.165) is 18.4 Å². The van der Waals surface area contributed by atoms with Crippen LogP contribution in [0.25, 0.3) is 22.2 Å². The minimum atomic E-state index is -0.390. The highest BCUT2D eigenvalue weighted by molar-refractivity contribution is 6.34. The van der Waals surface area contributed by atoms with Crippen LogP contribution in [0.5, 0.6) is 0 Å². The lowest BCUT2D eigenvalue weighted by atomic mass is 10.1. The number of para-hydroxylation sites is 2. The molecule has 34 heavy (non-hydrogen) atoms. The second-order valence-corrected chi connectivity index (χ2v) is 8.30. The highest BCUT2D eigenvalue weighted by Crippen LogP contribution is 2.30. The Bertz CT molecular complexity index is 1550. The van der Waals surface area contributed by atoms with Gasteiger partial charge in [0.1, 0.15) is 23.0 Å². The molecule has 5 aromatic rings. The van der Waals surface area contributed by atoms with E-state index in [1.165, 1.54) is 5.56 Å². The van der Waals surface area contributed by atoms with Crippen LogP contribution in [0, 0.1) is 11.3 Å². The first-order chi connectivity index (χ1) is 16.7. The maximum atomic E-state index is 13.1. The summed E-state index contributed by atoms with van der Waals surface area (Å²) in [6, 6.07) is 26.8. The molecule has 2 heterocycles. The van der Waals surface area contributed by atoms with Gasteiger partial charge in [0.05, 0.1) is 21.6 Å². The summed E-state index contributed by atoms with van der Waals surface area (Å²) < 4.78 is 1.88. The smallest absolute Gasteiger partial charge is 0.258 e. The van der Waals surface area contributed by atoms with Gasteiger partial charge in [0.15, 0.2) is 5.65 Å². The number of benzene rings is 3. The van der Waals surface area contributed by atoms with E-state index < -0.39 is 5.91 Å². The Balaban J connectivity index is 1.60. The Morgan fingerprint density at radius 2 is 1.62 bits per heavy atom. The van der Waals surface area contributed by atoms with E-state index in [9.17, 15) is 10.1 Å². The van der Waals surface area contributed by atoms with Crippen molar-refractivity contribution < 1.29 is 4.79 Å². The van der Waals surface area contributed by atoms with Gasteiger partial charge < -0.3 is 9.88 Å². The Morgan fingerprint density at radius 1 is 0.941 bits per heavy atom. The number of fused-ring (bicyclic) bond motifs is 2. The van der Waals surface area contributed by atoms with Gasteiger partial charge >= 0.3 is 0 Å². The highest BCUT2D eigenvalue weighted by atomic mass is 35.5. The van der Waals surface area contributed by atoms with Crippen molar-refractivity contribution in [3.05, 3.63) is 101 Å². The number of nitriles is 1. The fraction of sp³-hybridized carbons (Fsp3) is 0.111. The zero-order chi connectivity index (χ0) is 23.5. The van der Waals surface area contributed by atoms with Crippen LogP contribution in [-0.2, 0) is 13.0 Å². The summed E-state index contributed by atoms with van der Waals surface area (Å²) in [5, 5.41) is 13.3. The summed E-state index contributed by atoms with van der Waals surface area (Å²) >= 11 is 6.24. The molecule has 0 atom stereocenters. The lowest BCUT2D eigenvalue weighted by molar-refractivity contribution is 0.102. The Kier molecular flexibility index (Phi) is 5.94. The van der Waals surface area contributed by atoms with Crippen molar-refractivity contribution in [2.45, 2.75) is 19.4 Å². The first kappa shape index (κ1) is 21.6. The number of nitrogens with zero attached hydrogens (tertiary/aromatic N) is 4. The molecule has 2 aromatic heterocycles. The SMILES string of the molecule is N#Cc1c(NC(=O)c2ccccc2Cl)n(CCCc2ccccc2)c2nc3ccccc3nc12. The van der Waals surface area contributed by atoms with E-state index in [0.29, 0.717) is 39.6 Å². The van der Waals surface area contributed by atoms with E-state index in [1.807, 2.05) is 47.0 Å². The number of anilines is 1. The average molecular weight is 466 g/mol. The van der Waals surface area contributed by atoms with Gasteiger partial charge in [0, 0.05) is 6.54 Å². The minimum absolute atomic E-state index is 0.286. The van der Waals surface area contributed by atoms with Gasteiger partial charge in [-0.2, -0.15) is 5.26 Å². The molecular weight excluding hydrogens is 446 g/mol. The quantitative estimate of drug-likeness (QED) is 0.333. The van der Waals surface area contributed by atoms with Crippen molar-refractivity contribution in [1.82, 2.24) is 14.5 Å². The van der Waals surface area contributed by atoms with Gasteiger partial charge in [-0.05, 0) is 42.7 Å². The lowest BCUT2D eigenvalue weighted by Crippen LogP contribution is -2.17. The van der Waals surface area contributed by atoms with Crippen LogP contribution in [-0.4, -0.2) is 20.4 Å². The third kappa shape index (κ3) is 4.09. The Labute approximate surface area is 201 Å². The second kappa shape index (κ2) is 9.34. The van der Waals surface area contributed by atoms with Gasteiger partial charge in [0.25, 0.3) is 5.91 Å². The molecule has 166 valence electrons. The molecule has 3 aromatic carbocycles. The van der Waals surface area contributed by atoms with Gasteiger partial charge in [-0.1, -0.05) is 66.2 Å². The number of aryl methyl sites for hydroxylation is 2. The number of carbonyl (C=O) groups excluding carboxylic acids is 1. The van der Waals surface area contributed by atoms with Crippen LogP contribution in [0.3, 0.4) is 0 Å². The van der Waals surface area contributed by atoms with Crippen molar-refractivity contribution in [2.24, 2.45) is 0 Å². The van der Waals surface area contributed by atoms with E-state index in [1.54, 1.807) is 24.3 Å². The molecule has 1 N–H and O–H groups in total. The summed E-state index contributed by atoms with van der Waals surface area (Å²) in [5.41, 5.74) is 4.29. The van der Waals surface area contributed by atoms with Crippen molar-refractivity contribution in [3.63, 3.8) is 0 Å². The lowest BCUT2D eigenvalue weighted by Gasteiger charge is -2.12. The fourth-order valence-electron chi connectivity index (χ4n) is 4.06. The van der Waals surface area contributed by atoms with Crippen LogP contribution in [0.1, 0.15) is 27.9 Å². The fourth-order valence-corrected chi connectivity index (χ4v) is 4.28. The maximum Gasteiger partial charge on any atom is 0.258 e. The predicted molar refractivity (Wildman–Crippen MR) is 134 cm³/mol. The van der Waals surface area contributed by atoms with Gasteiger partial charge in [-0.15, -0.1) is 0 Å². The van der Waals surface area contributed by atoms with Crippen LogP contribution in [0.4, 0.5) is 5.82 Å². The van der Waals surface area contributed by atoms with Crippen molar-refractivity contribution in [1.29, 1.82) is 5.26 Å². The van der Waals surface area contributed by atoms with E-state index in [2.05, 4.69) is 23.5 Å². The van der Waals surface area contributed by atoms with E-state index >= 15 is 0 Å². The van der Waals surface area contributed by atoms with Crippen molar-refractivity contribution in [3.8, 4) is 6.07 Å². The molecule has 5 rings (SSSR count). The van der Waals surface area contributed by atoms with Crippen LogP contribution < -0.4 is 5.32 Å². The summed E-state index contributed by atoms with van der Waals surface area (Å²) in [5.74, 6) is -0.00967. The van der Waals surface area contributed by atoms with Gasteiger partial charge in [-0.3, -0.25) is 4.79 Å². The molecule has 6 nitrogen and oxygen atoms in total. The number of carbonyl (C=O) groups is 1. The Morgan fingerprint density at radius 3 is 2.35 bits per heavy atom. The van der Waals surface area contributed by atoms with Crippen molar-refractivity contribution >= 4 is 45.5 Å². The molecule has 0 spiro atoms. The zero-order valence-corrected chi connectivity index (χ0v) is 19.0. The molecule has 0 aliphatic carbocycles. The van der Waals surface area contributed by atoms with Gasteiger partial charge in [-0.25, -0.2) is 9.97 Å². The number of aromatic nitrogens is 3. The first-order valence-corrected chi connectivity index (χ1v) is 11.3. The largest absolute Gasteiger partial charge is 0.309 e. The molecule has 1 amide bonds. The molecule has 0 saturated heterocycles. The van der Waals surface area contributed by atoms with Crippen LogP contribution >= 0.6 is 11.6 Å². The monoisotopic (exact) mass is 465 g/mol. The summed E-state index contributed by atoms with van der Waals surface area (Å²) in [6.07, 6.45) is 1.64. The van der Waals surface area contributed by atoms with Crippen LogP contribution in [0.15, 0.2) is 78.9 Å². The summed E-state index contributed by atoms with van der Waals surface area (Å²) in [6.45, 7) is 0.554. The van der Waals surface area contributed by atoms with E-state index in [-0.39, 0.29) is 5.56 Å². The highest BCUT2D eigenvalue weighted by Gasteiger charge is 2.23. The second-order valence-electron chi connectivity index (χ2n) is 7.89. The summed E-state index contributed by atoms with van der Waals surface area (Å²) in [4.78, 5) is 22.6. The normalized spacial score (nSPS) is 10.9. The standard InChI is InChI=1S/C27H20ClN5O/c28-21-13-5-4-12-19(21)27(34)32-25-20(17-29)24-26(31-23-15-7-6-14-22(23)30-24)33(25)16-8-11-18-9-2-1-3-10-18/h1-7,9-10,12-15H,8,11,16H2,(H,32,34). The topological polar surface area (TPSA) is 83.6 Å². The molecular formula is C27H20ClN5O. The molecule has 0 bridgehead atoms. The minimum Gasteiger partial charge on any atom is -0.309 e. The number of nitrogens with one attached hydrogen (secondary N) is 1. The number of rotatable bonds is 6. The predicted octanol–water partition coefficient (Wildman–Crippen LogP) is 5.99.